The van der Waals surface area contributed by atoms with Crippen LogP contribution in [0.2, 0.25) is 0 Å². The molecule has 1 aromatic carbocycles. The second-order valence-electron chi connectivity index (χ2n) is 5.35. The minimum Gasteiger partial charge on any atom is -0.367 e. The number of benzene rings is 1. The number of carbonyl (C=O) groups excluding carboxylic acids is 2. The summed E-state index contributed by atoms with van der Waals surface area (Å²) in [6.07, 6.45) is 2.63. The Hall–Kier alpha value is -2.89. The van der Waals surface area contributed by atoms with Gasteiger partial charge in [0.15, 0.2) is 0 Å². The highest BCUT2D eigenvalue weighted by molar-refractivity contribution is 6.03. The summed E-state index contributed by atoms with van der Waals surface area (Å²) in [4.78, 5) is 31.0. The molecule has 0 unspecified atom stereocenters. The summed E-state index contributed by atoms with van der Waals surface area (Å²) in [5.74, 6) is 0.347. The van der Waals surface area contributed by atoms with Gasteiger partial charge in [-0.3, -0.25) is 9.59 Å². The Morgan fingerprint density at radius 1 is 1.04 bits per heavy atom. The van der Waals surface area contributed by atoms with Crippen LogP contribution in [0, 0.1) is 0 Å². The van der Waals surface area contributed by atoms with Crippen LogP contribution in [-0.2, 0) is 4.79 Å². The van der Waals surface area contributed by atoms with E-state index in [0.717, 1.165) is 38.3 Å². The molecule has 0 atom stereocenters. The van der Waals surface area contributed by atoms with Crippen LogP contribution >= 0.6 is 0 Å². The summed E-state index contributed by atoms with van der Waals surface area (Å²) in [5.41, 5.74) is 1.59. The Kier molecular flexibility index (Phi) is 4.52. The Labute approximate surface area is 134 Å². The summed E-state index contributed by atoms with van der Waals surface area (Å²) in [5, 5.41) is 2.78. The number of anilines is 2. The van der Waals surface area contributed by atoms with Crippen LogP contribution in [0.3, 0.4) is 0 Å². The van der Waals surface area contributed by atoms with Crippen molar-refractivity contribution in [3.05, 3.63) is 54.2 Å². The lowest BCUT2D eigenvalue weighted by Gasteiger charge is -2.33. The number of rotatable bonds is 4. The molecule has 1 fully saturated rings. The van der Waals surface area contributed by atoms with Gasteiger partial charge in [0.1, 0.15) is 5.82 Å². The Morgan fingerprint density at radius 2 is 1.78 bits per heavy atom. The number of hydrogen-bond acceptors (Lipinski definition) is 4. The fourth-order valence-electron chi connectivity index (χ4n) is 2.51. The Balaban J connectivity index is 1.61. The largest absolute Gasteiger partial charge is 0.367 e. The standard InChI is InChI=1S/C17H18N4O2/c22-13-20-8-10-21(11-9-20)15-6-7-16(18-12-15)19-17(23)14-4-2-1-3-5-14/h1-7,12-13H,8-11H2,(H,18,19,23). The molecule has 0 spiro atoms. The van der Waals surface area contributed by atoms with Crippen molar-refractivity contribution in [2.45, 2.75) is 0 Å². The molecule has 2 aromatic rings. The minimum atomic E-state index is -0.176. The van der Waals surface area contributed by atoms with E-state index in [1.165, 1.54) is 0 Å². The maximum absolute atomic E-state index is 12.1. The number of hydrogen-bond donors (Lipinski definition) is 1. The molecule has 0 aliphatic carbocycles. The Bertz CT molecular complexity index is 665. The van der Waals surface area contributed by atoms with Crippen LogP contribution in [0.25, 0.3) is 0 Å². The molecule has 23 heavy (non-hydrogen) atoms. The van der Waals surface area contributed by atoms with E-state index in [-0.39, 0.29) is 5.91 Å². The molecule has 1 aliphatic rings. The molecule has 1 N–H and O–H groups in total. The van der Waals surface area contributed by atoms with Crippen molar-refractivity contribution in [2.24, 2.45) is 0 Å². The summed E-state index contributed by atoms with van der Waals surface area (Å²) >= 11 is 0. The molecular weight excluding hydrogens is 292 g/mol. The predicted molar refractivity (Wildman–Crippen MR) is 88.5 cm³/mol. The lowest BCUT2D eigenvalue weighted by atomic mass is 10.2. The van der Waals surface area contributed by atoms with Gasteiger partial charge in [0, 0.05) is 31.7 Å². The maximum Gasteiger partial charge on any atom is 0.256 e. The van der Waals surface area contributed by atoms with Crippen LogP contribution in [0.4, 0.5) is 11.5 Å². The molecular formula is C17H18N4O2. The zero-order chi connectivity index (χ0) is 16.1. The van der Waals surface area contributed by atoms with Gasteiger partial charge in [-0.15, -0.1) is 0 Å². The molecule has 2 heterocycles. The third-order valence-electron chi connectivity index (χ3n) is 3.85. The van der Waals surface area contributed by atoms with E-state index in [2.05, 4.69) is 15.2 Å². The molecule has 118 valence electrons. The number of carbonyl (C=O) groups is 2. The molecule has 6 nitrogen and oxygen atoms in total. The third kappa shape index (κ3) is 3.66. The van der Waals surface area contributed by atoms with Crippen LogP contribution < -0.4 is 10.2 Å². The molecule has 0 saturated carbocycles. The highest BCUT2D eigenvalue weighted by atomic mass is 16.1. The van der Waals surface area contributed by atoms with Crippen molar-refractivity contribution in [1.82, 2.24) is 9.88 Å². The van der Waals surface area contributed by atoms with Crippen LogP contribution in [0.5, 0.6) is 0 Å². The number of aromatic nitrogens is 1. The molecule has 2 amide bonds. The number of nitrogens with one attached hydrogen (secondary N) is 1. The zero-order valence-electron chi connectivity index (χ0n) is 12.7. The van der Waals surface area contributed by atoms with E-state index in [1.807, 2.05) is 24.3 Å². The smallest absolute Gasteiger partial charge is 0.256 e. The van der Waals surface area contributed by atoms with Gasteiger partial charge < -0.3 is 15.1 Å². The van der Waals surface area contributed by atoms with Gasteiger partial charge in [-0.2, -0.15) is 0 Å². The van der Waals surface area contributed by atoms with Gasteiger partial charge in [-0.1, -0.05) is 18.2 Å². The average Bonchev–Trinajstić information content (AvgIpc) is 2.63. The number of pyridine rings is 1. The summed E-state index contributed by atoms with van der Waals surface area (Å²) in [7, 11) is 0. The monoisotopic (exact) mass is 310 g/mol. The van der Waals surface area contributed by atoms with Crippen molar-refractivity contribution in [1.29, 1.82) is 0 Å². The van der Waals surface area contributed by atoms with Crippen molar-refractivity contribution in [2.75, 3.05) is 36.4 Å². The third-order valence-corrected chi connectivity index (χ3v) is 3.85. The normalized spacial score (nSPS) is 14.4. The second-order valence-corrected chi connectivity index (χ2v) is 5.35. The quantitative estimate of drug-likeness (QED) is 0.871. The van der Waals surface area contributed by atoms with Crippen LogP contribution in [0.15, 0.2) is 48.7 Å². The first kappa shape index (κ1) is 15.0. The summed E-state index contributed by atoms with van der Waals surface area (Å²) in [6.45, 7) is 3.01. The number of piperazine rings is 1. The number of amides is 2. The highest BCUT2D eigenvalue weighted by Crippen LogP contribution is 2.17. The molecule has 1 aliphatic heterocycles. The van der Waals surface area contributed by atoms with Crippen molar-refractivity contribution in [3.63, 3.8) is 0 Å². The molecule has 1 saturated heterocycles. The van der Waals surface area contributed by atoms with E-state index in [0.29, 0.717) is 11.4 Å². The topological polar surface area (TPSA) is 65.5 Å². The first-order valence-electron chi connectivity index (χ1n) is 7.53. The van der Waals surface area contributed by atoms with Gasteiger partial charge in [0.05, 0.1) is 11.9 Å². The lowest BCUT2D eigenvalue weighted by Crippen LogP contribution is -2.45. The van der Waals surface area contributed by atoms with E-state index in [1.54, 1.807) is 29.3 Å². The predicted octanol–water partition coefficient (Wildman–Crippen LogP) is 1.61. The van der Waals surface area contributed by atoms with Crippen molar-refractivity contribution >= 4 is 23.8 Å². The Morgan fingerprint density at radius 3 is 2.39 bits per heavy atom. The molecule has 1 aromatic heterocycles. The fourth-order valence-corrected chi connectivity index (χ4v) is 2.51. The van der Waals surface area contributed by atoms with Gasteiger partial charge in [0.2, 0.25) is 6.41 Å². The van der Waals surface area contributed by atoms with E-state index >= 15 is 0 Å². The van der Waals surface area contributed by atoms with E-state index in [4.69, 9.17) is 0 Å². The average molecular weight is 310 g/mol. The van der Waals surface area contributed by atoms with E-state index < -0.39 is 0 Å². The first-order chi connectivity index (χ1) is 11.3. The van der Waals surface area contributed by atoms with Crippen LogP contribution in [0.1, 0.15) is 10.4 Å². The second kappa shape index (κ2) is 6.91. The number of nitrogens with zero attached hydrogens (tertiary/aromatic N) is 3. The van der Waals surface area contributed by atoms with Gasteiger partial charge in [-0.25, -0.2) is 4.98 Å². The summed E-state index contributed by atoms with van der Waals surface area (Å²) < 4.78 is 0. The van der Waals surface area contributed by atoms with Gasteiger partial charge in [0.25, 0.3) is 5.91 Å². The summed E-state index contributed by atoms with van der Waals surface area (Å²) in [6, 6.07) is 12.8. The highest BCUT2D eigenvalue weighted by Gasteiger charge is 2.16. The fraction of sp³-hybridized carbons (Fsp3) is 0.235. The lowest BCUT2D eigenvalue weighted by molar-refractivity contribution is -0.118. The van der Waals surface area contributed by atoms with Gasteiger partial charge >= 0.3 is 0 Å². The molecule has 0 radical (unpaired) electrons. The van der Waals surface area contributed by atoms with Gasteiger partial charge in [-0.05, 0) is 24.3 Å². The zero-order valence-corrected chi connectivity index (χ0v) is 12.7. The molecule has 3 rings (SSSR count). The van der Waals surface area contributed by atoms with Crippen molar-refractivity contribution < 1.29 is 9.59 Å². The van der Waals surface area contributed by atoms with Crippen LogP contribution in [-0.4, -0.2) is 48.4 Å². The first-order valence-corrected chi connectivity index (χ1v) is 7.53. The minimum absolute atomic E-state index is 0.176. The SMILES string of the molecule is O=CN1CCN(c2ccc(NC(=O)c3ccccc3)nc2)CC1. The molecule has 6 heteroatoms. The maximum atomic E-state index is 12.1. The van der Waals surface area contributed by atoms with E-state index in [9.17, 15) is 9.59 Å². The van der Waals surface area contributed by atoms with Crippen molar-refractivity contribution in [3.8, 4) is 0 Å². The molecule has 0 bridgehead atoms.